The van der Waals surface area contributed by atoms with E-state index in [0.717, 1.165) is 22.0 Å². The minimum Gasteiger partial charge on any atom is -0.370 e. The number of alkyl halides is 1. The molecule has 0 aliphatic heterocycles. The number of benzene rings is 1. The summed E-state index contributed by atoms with van der Waals surface area (Å²) in [5.41, 5.74) is 2.37. The van der Waals surface area contributed by atoms with E-state index in [1.807, 2.05) is 6.07 Å². The largest absolute Gasteiger partial charge is 0.370 e. The highest BCUT2D eigenvalue weighted by molar-refractivity contribution is 9.08. The second kappa shape index (κ2) is 4.97. The van der Waals surface area contributed by atoms with Gasteiger partial charge in [-0.25, -0.2) is 0 Å². The molecule has 3 heteroatoms. The third-order valence-electron chi connectivity index (χ3n) is 3.46. The Kier molecular flexibility index (Phi) is 3.81. The standard InChI is InChI=1S/C13H17BrClN/c1-9(11-4-5-11)16(2)13-6-3-10(8-14)7-12(13)15/h3,6-7,9,11H,4-5,8H2,1-2H3. The lowest BCUT2D eigenvalue weighted by Gasteiger charge is -2.28. The minimum absolute atomic E-state index is 0.590. The Morgan fingerprint density at radius 3 is 2.69 bits per heavy atom. The molecule has 0 spiro atoms. The molecule has 1 aliphatic rings. The van der Waals surface area contributed by atoms with E-state index in [9.17, 15) is 0 Å². The third kappa shape index (κ3) is 2.54. The maximum Gasteiger partial charge on any atom is 0.0642 e. The molecule has 1 aromatic rings. The molecule has 2 rings (SSSR count). The Labute approximate surface area is 111 Å². The highest BCUT2D eigenvalue weighted by Gasteiger charge is 2.31. The number of nitrogens with zero attached hydrogens (tertiary/aromatic N) is 1. The van der Waals surface area contributed by atoms with Crippen molar-refractivity contribution < 1.29 is 0 Å². The SMILES string of the molecule is CC(C1CC1)N(C)c1ccc(CBr)cc1Cl. The molecule has 1 atom stereocenters. The average Bonchev–Trinajstić information content (AvgIpc) is 3.10. The zero-order valence-corrected chi connectivity index (χ0v) is 12.1. The van der Waals surface area contributed by atoms with Crippen molar-refractivity contribution in [2.45, 2.75) is 31.1 Å². The summed E-state index contributed by atoms with van der Waals surface area (Å²) >= 11 is 9.75. The lowest BCUT2D eigenvalue weighted by atomic mass is 10.1. The van der Waals surface area contributed by atoms with E-state index in [-0.39, 0.29) is 0 Å². The van der Waals surface area contributed by atoms with Gasteiger partial charge in [0.25, 0.3) is 0 Å². The molecule has 0 N–H and O–H groups in total. The van der Waals surface area contributed by atoms with Crippen molar-refractivity contribution in [1.29, 1.82) is 0 Å². The summed E-state index contributed by atoms with van der Waals surface area (Å²) in [6.45, 7) is 2.28. The summed E-state index contributed by atoms with van der Waals surface area (Å²) < 4.78 is 0. The summed E-state index contributed by atoms with van der Waals surface area (Å²) in [4.78, 5) is 2.30. The summed E-state index contributed by atoms with van der Waals surface area (Å²) in [6, 6.07) is 6.89. The van der Waals surface area contributed by atoms with Crippen LogP contribution in [0.5, 0.6) is 0 Å². The van der Waals surface area contributed by atoms with Crippen LogP contribution in [-0.2, 0) is 5.33 Å². The van der Waals surface area contributed by atoms with Gasteiger partial charge in [-0.15, -0.1) is 0 Å². The normalized spacial score (nSPS) is 17.2. The topological polar surface area (TPSA) is 3.24 Å². The molecule has 1 aliphatic carbocycles. The van der Waals surface area contributed by atoms with E-state index < -0.39 is 0 Å². The van der Waals surface area contributed by atoms with E-state index in [4.69, 9.17) is 11.6 Å². The van der Waals surface area contributed by atoms with Crippen LogP contribution >= 0.6 is 27.5 Å². The Bertz CT molecular complexity index is 376. The van der Waals surface area contributed by atoms with E-state index in [1.165, 1.54) is 18.4 Å². The molecule has 1 nitrogen and oxygen atoms in total. The van der Waals surface area contributed by atoms with Gasteiger partial charge in [0.1, 0.15) is 0 Å². The number of hydrogen-bond donors (Lipinski definition) is 0. The predicted octanol–water partition coefficient (Wildman–Crippen LogP) is 4.47. The monoisotopic (exact) mass is 301 g/mol. The van der Waals surface area contributed by atoms with Crippen molar-refractivity contribution in [2.24, 2.45) is 5.92 Å². The van der Waals surface area contributed by atoms with Crippen molar-refractivity contribution in [3.63, 3.8) is 0 Å². The average molecular weight is 303 g/mol. The summed E-state index contributed by atoms with van der Waals surface area (Å²) in [5, 5.41) is 1.71. The van der Waals surface area contributed by atoms with Crippen molar-refractivity contribution in [2.75, 3.05) is 11.9 Å². The van der Waals surface area contributed by atoms with Gasteiger partial charge in [-0.3, -0.25) is 0 Å². The van der Waals surface area contributed by atoms with Gasteiger partial charge in [0.05, 0.1) is 10.7 Å². The lowest BCUT2D eigenvalue weighted by Crippen LogP contribution is -2.30. The van der Waals surface area contributed by atoms with Gasteiger partial charge >= 0.3 is 0 Å². The quantitative estimate of drug-likeness (QED) is 0.742. The third-order valence-corrected chi connectivity index (χ3v) is 4.41. The number of hydrogen-bond acceptors (Lipinski definition) is 1. The molecule has 1 fully saturated rings. The van der Waals surface area contributed by atoms with Crippen LogP contribution in [0.15, 0.2) is 18.2 Å². The zero-order valence-electron chi connectivity index (χ0n) is 9.71. The summed E-state index contributed by atoms with van der Waals surface area (Å²) in [5.74, 6) is 0.858. The van der Waals surface area contributed by atoms with Crippen LogP contribution in [0.3, 0.4) is 0 Å². The van der Waals surface area contributed by atoms with E-state index in [0.29, 0.717) is 6.04 Å². The molecule has 1 unspecified atom stereocenters. The van der Waals surface area contributed by atoms with Gasteiger partial charge in [0, 0.05) is 18.4 Å². The van der Waals surface area contributed by atoms with E-state index in [1.54, 1.807) is 0 Å². The fraction of sp³-hybridized carbons (Fsp3) is 0.538. The molecule has 88 valence electrons. The minimum atomic E-state index is 0.590. The Hall–Kier alpha value is -0.210. The first kappa shape index (κ1) is 12.3. The molecular formula is C13H17BrClN. The van der Waals surface area contributed by atoms with Crippen LogP contribution in [0.1, 0.15) is 25.3 Å². The molecule has 1 saturated carbocycles. The summed E-state index contributed by atoms with van der Waals surface area (Å²) in [6.07, 6.45) is 2.73. The molecule has 0 radical (unpaired) electrons. The lowest BCUT2D eigenvalue weighted by molar-refractivity contribution is 0.609. The van der Waals surface area contributed by atoms with Gasteiger partial charge in [-0.05, 0) is 43.4 Å². The molecule has 16 heavy (non-hydrogen) atoms. The van der Waals surface area contributed by atoms with Gasteiger partial charge in [0.2, 0.25) is 0 Å². The van der Waals surface area contributed by atoms with Crippen molar-refractivity contribution in [3.05, 3.63) is 28.8 Å². The van der Waals surface area contributed by atoms with Crippen LogP contribution in [-0.4, -0.2) is 13.1 Å². The Morgan fingerprint density at radius 1 is 1.50 bits per heavy atom. The maximum atomic E-state index is 6.31. The van der Waals surface area contributed by atoms with Crippen molar-refractivity contribution >= 4 is 33.2 Å². The van der Waals surface area contributed by atoms with E-state index in [2.05, 4.69) is 46.9 Å². The van der Waals surface area contributed by atoms with E-state index >= 15 is 0 Å². The fourth-order valence-electron chi connectivity index (χ4n) is 2.03. The van der Waals surface area contributed by atoms with Crippen LogP contribution in [0.4, 0.5) is 5.69 Å². The highest BCUT2D eigenvalue weighted by atomic mass is 79.9. The van der Waals surface area contributed by atoms with Gasteiger partial charge < -0.3 is 4.90 Å². The van der Waals surface area contributed by atoms with Crippen LogP contribution in [0.2, 0.25) is 5.02 Å². The van der Waals surface area contributed by atoms with Crippen LogP contribution in [0.25, 0.3) is 0 Å². The number of rotatable bonds is 4. The second-order valence-electron chi connectivity index (χ2n) is 4.61. The first-order valence-electron chi connectivity index (χ1n) is 5.70. The van der Waals surface area contributed by atoms with Gasteiger partial charge in [-0.1, -0.05) is 33.6 Å². The molecule has 0 saturated heterocycles. The van der Waals surface area contributed by atoms with Gasteiger partial charge in [-0.2, -0.15) is 0 Å². The first-order chi connectivity index (χ1) is 7.63. The Balaban J connectivity index is 2.18. The second-order valence-corrected chi connectivity index (χ2v) is 5.58. The molecule has 0 bridgehead atoms. The van der Waals surface area contributed by atoms with Crippen LogP contribution in [0, 0.1) is 5.92 Å². The van der Waals surface area contributed by atoms with Gasteiger partial charge in [0.15, 0.2) is 0 Å². The molecule has 0 aromatic heterocycles. The fourth-order valence-corrected chi connectivity index (χ4v) is 2.72. The molecular weight excluding hydrogens is 286 g/mol. The summed E-state index contributed by atoms with van der Waals surface area (Å²) in [7, 11) is 2.14. The smallest absolute Gasteiger partial charge is 0.0642 e. The number of halogens is 2. The molecule has 0 amide bonds. The Morgan fingerprint density at radius 2 is 2.19 bits per heavy atom. The highest BCUT2D eigenvalue weighted by Crippen LogP contribution is 2.38. The molecule has 0 heterocycles. The maximum absolute atomic E-state index is 6.31. The predicted molar refractivity (Wildman–Crippen MR) is 74.7 cm³/mol. The van der Waals surface area contributed by atoms with Crippen LogP contribution < -0.4 is 4.90 Å². The van der Waals surface area contributed by atoms with Crippen molar-refractivity contribution in [1.82, 2.24) is 0 Å². The first-order valence-corrected chi connectivity index (χ1v) is 7.20. The zero-order chi connectivity index (χ0) is 11.7. The van der Waals surface area contributed by atoms with Crippen molar-refractivity contribution in [3.8, 4) is 0 Å². The number of anilines is 1. The molecule has 1 aromatic carbocycles.